The number of nitrogens with one attached hydrogen (secondary N) is 1. The average Bonchev–Trinajstić information content (AvgIpc) is 2.26. The fraction of sp³-hybridized carbons (Fsp3) is 0.300. The number of rotatable bonds is 6. The van der Waals surface area contributed by atoms with Gasteiger partial charge < -0.3 is 10.5 Å². The zero-order valence-electron chi connectivity index (χ0n) is 10.1. The van der Waals surface area contributed by atoms with Crippen LogP contribution in [0.25, 0.3) is 0 Å². The van der Waals surface area contributed by atoms with Crippen LogP contribution in [0.5, 0.6) is 5.75 Å². The van der Waals surface area contributed by atoms with Gasteiger partial charge in [0.15, 0.2) is 0 Å². The second-order valence-electron chi connectivity index (χ2n) is 3.67. The summed E-state index contributed by atoms with van der Waals surface area (Å²) in [5.74, 6) is 0.488. The van der Waals surface area contributed by atoms with Gasteiger partial charge in [0.05, 0.1) is 5.69 Å². The predicted octanol–water partition coefficient (Wildman–Crippen LogP) is 0.570. The molecule has 0 aliphatic carbocycles. The molecule has 0 saturated heterocycles. The van der Waals surface area contributed by atoms with E-state index in [1.54, 1.807) is 24.3 Å². The maximum Gasteiger partial charge on any atom is 0.301 e. The van der Waals surface area contributed by atoms with E-state index < -0.39 is 10.2 Å². The molecular weight excluding hydrogens is 274 g/mol. The topological polar surface area (TPSA) is 84.7 Å². The zero-order chi connectivity index (χ0) is 13.8. The van der Waals surface area contributed by atoms with Gasteiger partial charge in [-0.2, -0.15) is 12.7 Å². The molecule has 0 radical (unpaired) electrons. The Morgan fingerprint density at radius 1 is 1.50 bits per heavy atom. The number of nitrogens with zero attached hydrogens (tertiary/aromatic N) is 1. The summed E-state index contributed by atoms with van der Waals surface area (Å²) in [4.78, 5) is 0.231. The summed E-state index contributed by atoms with van der Waals surface area (Å²) < 4.78 is 32.0. The van der Waals surface area contributed by atoms with Crippen molar-refractivity contribution in [2.45, 2.75) is 0 Å². The molecule has 0 fully saturated rings. The lowest BCUT2D eigenvalue weighted by Crippen LogP contribution is -2.28. The highest BCUT2D eigenvalue weighted by atomic mass is 32.2. The Kier molecular flexibility index (Phi) is 4.88. The molecule has 1 aromatic rings. The molecule has 3 N–H and O–H groups in total. The minimum atomic E-state index is -3.52. The van der Waals surface area contributed by atoms with Gasteiger partial charge in [0, 0.05) is 20.2 Å². The molecule has 0 aromatic heterocycles. The third kappa shape index (κ3) is 4.47. The van der Waals surface area contributed by atoms with Crippen molar-refractivity contribution in [2.24, 2.45) is 5.73 Å². The lowest BCUT2D eigenvalue weighted by Gasteiger charge is -2.14. The maximum atomic E-state index is 11.6. The van der Waals surface area contributed by atoms with Crippen LogP contribution in [0.15, 0.2) is 24.3 Å². The van der Waals surface area contributed by atoms with Crippen LogP contribution in [0, 0.1) is 0 Å². The van der Waals surface area contributed by atoms with Gasteiger partial charge in [-0.25, -0.2) is 0 Å². The van der Waals surface area contributed by atoms with E-state index in [-0.39, 0.29) is 11.6 Å². The van der Waals surface area contributed by atoms with Gasteiger partial charge in [-0.15, -0.1) is 0 Å². The Bertz CT molecular complexity index is 529. The van der Waals surface area contributed by atoms with E-state index in [1.807, 2.05) is 0 Å². The quantitative estimate of drug-likeness (QED) is 0.748. The monoisotopic (exact) mass is 289 g/mol. The van der Waals surface area contributed by atoms with Gasteiger partial charge in [0.1, 0.15) is 17.3 Å². The average molecular weight is 289 g/mol. The highest BCUT2D eigenvalue weighted by molar-refractivity contribution is 7.90. The third-order valence-corrected chi connectivity index (χ3v) is 3.52. The number of hydrogen-bond acceptors (Lipinski definition) is 4. The summed E-state index contributed by atoms with van der Waals surface area (Å²) in [5, 5.41) is 0. The zero-order valence-corrected chi connectivity index (χ0v) is 11.7. The molecule has 0 spiro atoms. The summed E-state index contributed by atoms with van der Waals surface area (Å²) in [6, 6.07) is 6.53. The van der Waals surface area contributed by atoms with Crippen LogP contribution in [0.4, 0.5) is 5.69 Å². The summed E-state index contributed by atoms with van der Waals surface area (Å²) in [5.41, 5.74) is 5.71. The van der Waals surface area contributed by atoms with Crippen molar-refractivity contribution in [3.63, 3.8) is 0 Å². The van der Waals surface area contributed by atoms with Gasteiger partial charge in [-0.3, -0.25) is 4.72 Å². The first-order valence-corrected chi connectivity index (χ1v) is 6.87. The largest absolute Gasteiger partial charge is 0.486 e. The second kappa shape index (κ2) is 5.98. The third-order valence-electron chi connectivity index (χ3n) is 1.94. The van der Waals surface area contributed by atoms with Crippen LogP contribution in [-0.2, 0) is 10.2 Å². The molecule has 0 heterocycles. The van der Waals surface area contributed by atoms with Crippen LogP contribution in [0.2, 0.25) is 0 Å². The van der Waals surface area contributed by atoms with E-state index in [1.165, 1.54) is 14.1 Å². The summed E-state index contributed by atoms with van der Waals surface area (Å²) in [6.45, 7) is 0.110. The number of anilines is 1. The molecule has 6 nitrogen and oxygen atoms in total. The fourth-order valence-electron chi connectivity index (χ4n) is 1.04. The predicted molar refractivity (Wildman–Crippen MR) is 75.0 cm³/mol. The number of nitrogens with two attached hydrogens (primary N) is 1. The van der Waals surface area contributed by atoms with Crippen LogP contribution in [-0.4, -0.2) is 38.4 Å². The van der Waals surface area contributed by atoms with Gasteiger partial charge in [0.25, 0.3) is 0 Å². The Morgan fingerprint density at radius 3 is 2.72 bits per heavy atom. The van der Waals surface area contributed by atoms with Crippen LogP contribution in [0.1, 0.15) is 0 Å². The lowest BCUT2D eigenvalue weighted by molar-refractivity contribution is 0.378. The molecule has 0 saturated carbocycles. The van der Waals surface area contributed by atoms with Crippen molar-refractivity contribution in [1.29, 1.82) is 0 Å². The molecule has 0 aliphatic rings. The highest BCUT2D eigenvalue weighted by Crippen LogP contribution is 2.18. The van der Waals surface area contributed by atoms with E-state index in [9.17, 15) is 8.42 Å². The Labute approximate surface area is 112 Å². The Balaban J connectivity index is 2.80. The SMILES string of the molecule is CN(C)S(=O)(=O)Nc1cccc(OCC(N)=S)c1. The second-order valence-corrected chi connectivity index (χ2v) is 6.08. The van der Waals surface area contributed by atoms with E-state index >= 15 is 0 Å². The van der Waals surface area contributed by atoms with Gasteiger partial charge >= 0.3 is 10.2 Å². The smallest absolute Gasteiger partial charge is 0.301 e. The first-order valence-electron chi connectivity index (χ1n) is 5.02. The summed E-state index contributed by atoms with van der Waals surface area (Å²) in [7, 11) is -0.642. The van der Waals surface area contributed by atoms with Crippen molar-refractivity contribution in [3.05, 3.63) is 24.3 Å². The van der Waals surface area contributed by atoms with Crippen molar-refractivity contribution in [2.75, 3.05) is 25.4 Å². The van der Waals surface area contributed by atoms with Crippen molar-refractivity contribution >= 4 is 33.1 Å². The van der Waals surface area contributed by atoms with Gasteiger partial charge in [-0.1, -0.05) is 18.3 Å². The van der Waals surface area contributed by atoms with Crippen LogP contribution >= 0.6 is 12.2 Å². The van der Waals surface area contributed by atoms with Crippen molar-refractivity contribution in [3.8, 4) is 5.75 Å². The minimum absolute atomic E-state index is 0.110. The summed E-state index contributed by atoms with van der Waals surface area (Å²) >= 11 is 4.68. The van der Waals surface area contributed by atoms with Gasteiger partial charge in [0.2, 0.25) is 0 Å². The van der Waals surface area contributed by atoms with Crippen molar-refractivity contribution in [1.82, 2.24) is 4.31 Å². The van der Waals surface area contributed by atoms with E-state index in [2.05, 4.69) is 16.9 Å². The number of thiocarbonyl (C=S) groups is 1. The molecule has 0 unspecified atom stereocenters. The number of hydrogen-bond donors (Lipinski definition) is 2. The molecule has 0 bridgehead atoms. The molecule has 8 heteroatoms. The maximum absolute atomic E-state index is 11.6. The van der Waals surface area contributed by atoms with E-state index in [0.29, 0.717) is 11.4 Å². The minimum Gasteiger partial charge on any atom is -0.486 e. The Hall–Kier alpha value is -1.38. The molecule has 1 aromatic carbocycles. The molecule has 100 valence electrons. The van der Waals surface area contributed by atoms with Crippen LogP contribution < -0.4 is 15.2 Å². The highest BCUT2D eigenvalue weighted by Gasteiger charge is 2.12. The number of benzene rings is 1. The molecule has 0 aliphatic heterocycles. The number of ether oxygens (including phenoxy) is 1. The fourth-order valence-corrected chi connectivity index (χ4v) is 1.71. The Morgan fingerprint density at radius 2 is 2.17 bits per heavy atom. The van der Waals surface area contributed by atoms with Crippen molar-refractivity contribution < 1.29 is 13.2 Å². The first kappa shape index (κ1) is 14.7. The van der Waals surface area contributed by atoms with Gasteiger partial charge in [-0.05, 0) is 12.1 Å². The van der Waals surface area contributed by atoms with Crippen LogP contribution in [0.3, 0.4) is 0 Å². The molecule has 18 heavy (non-hydrogen) atoms. The van der Waals surface area contributed by atoms with E-state index in [0.717, 1.165) is 4.31 Å². The normalized spacial score (nSPS) is 11.3. The molecule has 1 rings (SSSR count). The molecule has 0 atom stereocenters. The lowest BCUT2D eigenvalue weighted by atomic mass is 10.3. The molecule has 0 amide bonds. The standard InChI is InChI=1S/C10H15N3O3S2/c1-13(2)18(14,15)12-8-4-3-5-9(6-8)16-7-10(11)17/h3-6,12H,7H2,1-2H3,(H2,11,17). The molecular formula is C10H15N3O3S2. The van der Waals surface area contributed by atoms with E-state index in [4.69, 9.17) is 10.5 Å². The summed E-state index contributed by atoms with van der Waals surface area (Å²) in [6.07, 6.45) is 0. The first-order chi connectivity index (χ1) is 8.31.